The van der Waals surface area contributed by atoms with Crippen molar-refractivity contribution in [3.05, 3.63) is 63.6 Å². The maximum atomic E-state index is 13.0. The molecule has 7 heteroatoms. The molecule has 1 amide bonds. The standard InChI is InChI=1S/C22H24BrNO5/c1-22(2,3)29-21(27)24-11-10-15-6-9-17(25)12-18(15)19(24)20(26)28-13-14-4-7-16(23)8-5-14/h4-9,12,19,25H,10-11,13H2,1-3H3/t19-/m0/s1. The van der Waals surface area contributed by atoms with Gasteiger partial charge in [0.15, 0.2) is 6.04 Å². The first-order chi connectivity index (χ1) is 13.6. The molecule has 1 heterocycles. The van der Waals surface area contributed by atoms with E-state index >= 15 is 0 Å². The lowest BCUT2D eigenvalue weighted by molar-refractivity contribution is -0.152. The Balaban J connectivity index is 1.86. The van der Waals surface area contributed by atoms with Gasteiger partial charge in [-0.1, -0.05) is 34.1 Å². The molecule has 2 aromatic rings. The number of phenolic OH excluding ortho intramolecular Hbond substituents is 1. The van der Waals surface area contributed by atoms with E-state index in [0.29, 0.717) is 18.5 Å². The van der Waals surface area contributed by atoms with Gasteiger partial charge in [0.05, 0.1) is 0 Å². The van der Waals surface area contributed by atoms with E-state index in [0.717, 1.165) is 15.6 Å². The van der Waals surface area contributed by atoms with Gasteiger partial charge in [0, 0.05) is 11.0 Å². The number of halogens is 1. The summed E-state index contributed by atoms with van der Waals surface area (Å²) in [6.45, 7) is 5.73. The molecule has 0 aliphatic carbocycles. The van der Waals surface area contributed by atoms with Crippen LogP contribution in [0, 0.1) is 0 Å². The molecule has 1 aliphatic heterocycles. The van der Waals surface area contributed by atoms with Crippen molar-refractivity contribution < 1.29 is 24.2 Å². The fourth-order valence-electron chi connectivity index (χ4n) is 3.19. The first kappa shape index (κ1) is 21.2. The number of esters is 1. The molecule has 0 bridgehead atoms. The van der Waals surface area contributed by atoms with Crippen molar-refractivity contribution in [2.24, 2.45) is 0 Å². The van der Waals surface area contributed by atoms with Crippen LogP contribution in [-0.2, 0) is 27.3 Å². The molecule has 1 atom stereocenters. The lowest BCUT2D eigenvalue weighted by atomic mass is 9.92. The second kappa shape index (κ2) is 8.45. The van der Waals surface area contributed by atoms with Crippen LogP contribution in [0.4, 0.5) is 4.79 Å². The molecule has 1 N–H and O–H groups in total. The van der Waals surface area contributed by atoms with E-state index in [1.807, 2.05) is 24.3 Å². The van der Waals surface area contributed by atoms with Gasteiger partial charge in [-0.15, -0.1) is 0 Å². The van der Waals surface area contributed by atoms with Crippen LogP contribution >= 0.6 is 15.9 Å². The molecule has 154 valence electrons. The number of ether oxygens (including phenoxy) is 2. The van der Waals surface area contributed by atoms with Crippen LogP contribution in [0.2, 0.25) is 0 Å². The third-order valence-corrected chi connectivity index (χ3v) is 5.03. The molecule has 1 aliphatic rings. The molecule has 0 saturated carbocycles. The molecule has 3 rings (SSSR count). The van der Waals surface area contributed by atoms with Crippen LogP contribution in [0.1, 0.15) is 43.5 Å². The summed E-state index contributed by atoms with van der Waals surface area (Å²) < 4.78 is 12.0. The number of aromatic hydroxyl groups is 1. The molecule has 6 nitrogen and oxygen atoms in total. The number of amides is 1. The minimum absolute atomic E-state index is 0.0282. The van der Waals surface area contributed by atoms with Gasteiger partial charge in [0.2, 0.25) is 0 Å². The number of carbonyl (C=O) groups is 2. The summed E-state index contributed by atoms with van der Waals surface area (Å²) in [6, 6.07) is 11.3. The molecule has 0 saturated heterocycles. The van der Waals surface area contributed by atoms with Crippen LogP contribution in [0.25, 0.3) is 0 Å². The Hall–Kier alpha value is -2.54. The molecule has 0 fully saturated rings. The first-order valence-electron chi connectivity index (χ1n) is 9.36. The van der Waals surface area contributed by atoms with Crippen molar-refractivity contribution in [1.82, 2.24) is 4.90 Å². The van der Waals surface area contributed by atoms with Gasteiger partial charge in [-0.25, -0.2) is 9.59 Å². The second-order valence-electron chi connectivity index (χ2n) is 7.94. The Bertz CT molecular complexity index is 904. The highest BCUT2D eigenvalue weighted by Crippen LogP contribution is 2.34. The zero-order valence-corrected chi connectivity index (χ0v) is 18.2. The van der Waals surface area contributed by atoms with Crippen molar-refractivity contribution in [3.8, 4) is 5.75 Å². The van der Waals surface area contributed by atoms with Gasteiger partial charge >= 0.3 is 12.1 Å². The Morgan fingerprint density at radius 3 is 2.52 bits per heavy atom. The lowest BCUT2D eigenvalue weighted by Gasteiger charge is -2.36. The van der Waals surface area contributed by atoms with Crippen molar-refractivity contribution in [3.63, 3.8) is 0 Å². The highest BCUT2D eigenvalue weighted by molar-refractivity contribution is 9.10. The van der Waals surface area contributed by atoms with E-state index in [4.69, 9.17) is 9.47 Å². The normalized spacial score (nSPS) is 16.1. The number of nitrogens with zero attached hydrogens (tertiary/aromatic N) is 1. The Morgan fingerprint density at radius 2 is 1.86 bits per heavy atom. The van der Waals surface area contributed by atoms with Gasteiger partial charge in [0.25, 0.3) is 0 Å². The van der Waals surface area contributed by atoms with E-state index in [1.54, 1.807) is 32.9 Å². The van der Waals surface area contributed by atoms with E-state index in [-0.39, 0.29) is 12.4 Å². The number of fused-ring (bicyclic) bond motifs is 1. The van der Waals surface area contributed by atoms with Crippen molar-refractivity contribution in [1.29, 1.82) is 0 Å². The number of phenols is 1. The molecular weight excluding hydrogens is 438 g/mol. The van der Waals surface area contributed by atoms with Crippen LogP contribution < -0.4 is 0 Å². The number of rotatable bonds is 3. The minimum atomic E-state index is -0.976. The summed E-state index contributed by atoms with van der Waals surface area (Å²) in [5, 5.41) is 9.94. The van der Waals surface area contributed by atoms with Crippen LogP contribution in [-0.4, -0.2) is 34.2 Å². The number of hydrogen-bond donors (Lipinski definition) is 1. The minimum Gasteiger partial charge on any atom is -0.508 e. The second-order valence-corrected chi connectivity index (χ2v) is 8.86. The maximum absolute atomic E-state index is 13.0. The smallest absolute Gasteiger partial charge is 0.411 e. The summed E-state index contributed by atoms with van der Waals surface area (Å²) in [7, 11) is 0. The molecule has 0 unspecified atom stereocenters. The van der Waals surface area contributed by atoms with Crippen molar-refractivity contribution >= 4 is 28.0 Å². The van der Waals surface area contributed by atoms with Crippen LogP contribution in [0.3, 0.4) is 0 Å². The maximum Gasteiger partial charge on any atom is 0.411 e. The van der Waals surface area contributed by atoms with Gasteiger partial charge < -0.3 is 14.6 Å². The molecule has 0 aromatic heterocycles. The number of carbonyl (C=O) groups excluding carboxylic acids is 2. The molecular formula is C22H24BrNO5. The largest absolute Gasteiger partial charge is 0.508 e. The predicted molar refractivity (Wildman–Crippen MR) is 111 cm³/mol. The third-order valence-electron chi connectivity index (χ3n) is 4.50. The molecule has 0 spiro atoms. The Labute approximate surface area is 178 Å². The lowest BCUT2D eigenvalue weighted by Crippen LogP contribution is -2.46. The highest BCUT2D eigenvalue weighted by atomic mass is 79.9. The molecule has 29 heavy (non-hydrogen) atoms. The highest BCUT2D eigenvalue weighted by Gasteiger charge is 2.39. The average molecular weight is 462 g/mol. The van der Waals surface area contributed by atoms with E-state index in [1.165, 1.54) is 11.0 Å². The number of hydrogen-bond acceptors (Lipinski definition) is 5. The predicted octanol–water partition coefficient (Wildman–Crippen LogP) is 4.73. The van der Waals surface area contributed by atoms with E-state index < -0.39 is 23.7 Å². The van der Waals surface area contributed by atoms with Gasteiger partial charge in [0.1, 0.15) is 18.0 Å². The molecule has 2 aromatic carbocycles. The SMILES string of the molecule is CC(C)(C)OC(=O)N1CCc2ccc(O)cc2[C@H]1C(=O)OCc1ccc(Br)cc1. The average Bonchev–Trinajstić information content (AvgIpc) is 2.65. The topological polar surface area (TPSA) is 76.1 Å². The molecule has 0 radical (unpaired) electrons. The number of benzene rings is 2. The van der Waals surface area contributed by atoms with Gasteiger partial charge in [-0.05, 0) is 68.1 Å². The van der Waals surface area contributed by atoms with Crippen molar-refractivity contribution in [2.45, 2.75) is 45.4 Å². The summed E-state index contributed by atoms with van der Waals surface area (Å²) in [4.78, 5) is 27.2. The Kier molecular flexibility index (Phi) is 6.17. The fourth-order valence-corrected chi connectivity index (χ4v) is 3.45. The zero-order valence-electron chi connectivity index (χ0n) is 16.6. The summed E-state index contributed by atoms with van der Waals surface area (Å²) in [5.74, 6) is -0.536. The van der Waals surface area contributed by atoms with Crippen molar-refractivity contribution in [2.75, 3.05) is 6.54 Å². The first-order valence-corrected chi connectivity index (χ1v) is 10.2. The quantitative estimate of drug-likeness (QED) is 0.668. The summed E-state index contributed by atoms with van der Waals surface area (Å²) >= 11 is 3.37. The van der Waals surface area contributed by atoms with Crippen LogP contribution in [0.5, 0.6) is 5.75 Å². The zero-order chi connectivity index (χ0) is 21.2. The Morgan fingerprint density at radius 1 is 1.17 bits per heavy atom. The summed E-state index contributed by atoms with van der Waals surface area (Å²) in [6.07, 6.45) is -0.0252. The fraction of sp³-hybridized carbons (Fsp3) is 0.364. The van der Waals surface area contributed by atoms with Crippen LogP contribution in [0.15, 0.2) is 46.9 Å². The van der Waals surface area contributed by atoms with Gasteiger partial charge in [-0.2, -0.15) is 0 Å². The monoisotopic (exact) mass is 461 g/mol. The summed E-state index contributed by atoms with van der Waals surface area (Å²) in [5.41, 5.74) is 1.59. The third kappa shape index (κ3) is 5.29. The van der Waals surface area contributed by atoms with E-state index in [9.17, 15) is 14.7 Å². The van der Waals surface area contributed by atoms with Gasteiger partial charge in [-0.3, -0.25) is 4.90 Å². The van der Waals surface area contributed by atoms with E-state index in [2.05, 4.69) is 15.9 Å².